The third-order valence-corrected chi connectivity index (χ3v) is 1.54. The van der Waals surface area contributed by atoms with E-state index in [0.29, 0.717) is 10.9 Å². The van der Waals surface area contributed by atoms with E-state index in [-0.39, 0.29) is 0 Å². The van der Waals surface area contributed by atoms with Gasteiger partial charge >= 0.3 is 0 Å². The lowest BCUT2D eigenvalue weighted by atomic mass is 10.1. The van der Waals surface area contributed by atoms with E-state index < -0.39 is 0 Å². The second kappa shape index (κ2) is 3.02. The van der Waals surface area contributed by atoms with Crippen LogP contribution in [0.3, 0.4) is 0 Å². The van der Waals surface area contributed by atoms with Crippen molar-refractivity contribution >= 4 is 11.6 Å². The Kier molecular flexibility index (Phi) is 2.28. The number of hydrogen-bond acceptors (Lipinski definition) is 1. The fourth-order valence-electron chi connectivity index (χ4n) is 0.700. The molecule has 0 saturated carbocycles. The Hall–Kier alpha value is -0.560. The van der Waals surface area contributed by atoms with E-state index >= 15 is 0 Å². The molecule has 0 saturated heterocycles. The number of pyridine rings is 1. The Labute approximate surface area is 66.0 Å². The molecule has 1 rings (SSSR count). The lowest BCUT2D eigenvalue weighted by Gasteiger charge is -2.02. The third-order valence-electron chi connectivity index (χ3n) is 1.35. The maximum atomic E-state index is 5.67. The van der Waals surface area contributed by atoms with Gasteiger partial charge in [-0.05, 0) is 17.5 Å². The van der Waals surface area contributed by atoms with E-state index in [1.807, 2.05) is 6.07 Å². The first-order valence-electron chi connectivity index (χ1n) is 3.23. The minimum Gasteiger partial charge on any atom is -0.253 e. The van der Waals surface area contributed by atoms with Crippen molar-refractivity contribution in [2.24, 2.45) is 0 Å². The first kappa shape index (κ1) is 7.55. The average molecular weight is 155 g/mol. The van der Waals surface area contributed by atoms with Crippen molar-refractivity contribution in [3.63, 3.8) is 0 Å². The van der Waals surface area contributed by atoms with Gasteiger partial charge in [-0.25, -0.2) is 0 Å². The lowest BCUT2D eigenvalue weighted by Crippen LogP contribution is -1.87. The fourth-order valence-corrected chi connectivity index (χ4v) is 0.875. The van der Waals surface area contributed by atoms with Gasteiger partial charge in [0.05, 0.1) is 5.02 Å². The molecule has 0 aromatic carbocycles. The summed E-state index contributed by atoms with van der Waals surface area (Å²) in [5, 5.41) is 0.589. The largest absolute Gasteiger partial charge is 0.253 e. The van der Waals surface area contributed by atoms with Crippen LogP contribution in [0.5, 0.6) is 0 Å². The number of hydrogen-bond donors (Lipinski definition) is 0. The molecule has 0 N–H and O–H groups in total. The van der Waals surface area contributed by atoms with Crippen LogP contribution >= 0.6 is 11.6 Å². The molecule has 0 bridgehead atoms. The minimum atomic E-state index is 0.486. The summed E-state index contributed by atoms with van der Waals surface area (Å²) in [5.74, 6) is 0.486. The van der Waals surface area contributed by atoms with Gasteiger partial charge in [-0.3, -0.25) is 4.98 Å². The number of aromatic nitrogens is 1. The van der Waals surface area contributed by atoms with Crippen LogP contribution in [0, 0.1) is 6.20 Å². The molecule has 1 aromatic rings. The third kappa shape index (κ3) is 1.71. The summed E-state index contributed by atoms with van der Waals surface area (Å²) < 4.78 is 0. The summed E-state index contributed by atoms with van der Waals surface area (Å²) in [4.78, 5) is 3.85. The molecule has 53 valence electrons. The molecule has 0 fully saturated rings. The topological polar surface area (TPSA) is 12.9 Å². The normalized spacial score (nSPS) is 10.4. The molecule has 0 aliphatic rings. The van der Waals surface area contributed by atoms with Crippen LogP contribution in [-0.4, -0.2) is 4.98 Å². The van der Waals surface area contributed by atoms with Gasteiger partial charge in [0, 0.05) is 6.20 Å². The maximum absolute atomic E-state index is 5.67. The predicted octanol–water partition coefficient (Wildman–Crippen LogP) is 2.66. The first-order chi connectivity index (χ1) is 4.70. The van der Waals surface area contributed by atoms with Crippen LogP contribution in [0.15, 0.2) is 12.3 Å². The SMILES string of the molecule is CC(C)c1cn[c]c(Cl)c1. The van der Waals surface area contributed by atoms with Gasteiger partial charge < -0.3 is 0 Å². The Morgan fingerprint density at radius 3 is 2.70 bits per heavy atom. The summed E-state index contributed by atoms with van der Waals surface area (Å²) >= 11 is 5.67. The van der Waals surface area contributed by atoms with E-state index in [9.17, 15) is 0 Å². The van der Waals surface area contributed by atoms with Gasteiger partial charge in [0.1, 0.15) is 6.20 Å². The van der Waals surface area contributed by atoms with E-state index in [0.717, 1.165) is 5.56 Å². The van der Waals surface area contributed by atoms with Crippen LogP contribution < -0.4 is 0 Å². The standard InChI is InChI=1S/C8H9ClN/c1-6(2)7-3-8(9)5-10-4-7/h3-4,6H,1-2H3. The van der Waals surface area contributed by atoms with Crippen molar-refractivity contribution in [3.05, 3.63) is 29.0 Å². The monoisotopic (exact) mass is 154 g/mol. The highest BCUT2D eigenvalue weighted by molar-refractivity contribution is 6.30. The Morgan fingerprint density at radius 1 is 1.60 bits per heavy atom. The molecule has 1 aromatic heterocycles. The van der Waals surface area contributed by atoms with Crippen molar-refractivity contribution in [2.45, 2.75) is 19.8 Å². The minimum absolute atomic E-state index is 0.486. The van der Waals surface area contributed by atoms with Gasteiger partial charge in [0.15, 0.2) is 0 Å². The van der Waals surface area contributed by atoms with E-state index in [1.165, 1.54) is 0 Å². The smallest absolute Gasteiger partial charge is 0.109 e. The second-order valence-corrected chi connectivity index (χ2v) is 2.92. The highest BCUT2D eigenvalue weighted by atomic mass is 35.5. The number of halogens is 1. The molecule has 0 aliphatic heterocycles. The van der Waals surface area contributed by atoms with Crippen molar-refractivity contribution in [1.82, 2.24) is 4.98 Å². The predicted molar refractivity (Wildman–Crippen MR) is 42.2 cm³/mol. The molecule has 0 aliphatic carbocycles. The Morgan fingerprint density at radius 2 is 2.30 bits per heavy atom. The lowest BCUT2D eigenvalue weighted by molar-refractivity contribution is 0.858. The van der Waals surface area contributed by atoms with Crippen LogP contribution in [0.4, 0.5) is 0 Å². The summed E-state index contributed by atoms with van der Waals surface area (Å²) in [6, 6.07) is 1.89. The molecular formula is C8H9ClN. The van der Waals surface area contributed by atoms with Crippen LogP contribution in [-0.2, 0) is 0 Å². The van der Waals surface area contributed by atoms with Crippen LogP contribution in [0.25, 0.3) is 0 Å². The summed E-state index contributed by atoms with van der Waals surface area (Å²) in [7, 11) is 0. The summed E-state index contributed by atoms with van der Waals surface area (Å²) in [6.07, 6.45) is 4.43. The zero-order valence-electron chi connectivity index (χ0n) is 6.06. The van der Waals surface area contributed by atoms with Crippen molar-refractivity contribution < 1.29 is 0 Å². The number of nitrogens with zero attached hydrogens (tertiary/aromatic N) is 1. The molecule has 2 heteroatoms. The first-order valence-corrected chi connectivity index (χ1v) is 3.61. The van der Waals surface area contributed by atoms with E-state index in [1.54, 1.807) is 6.20 Å². The fraction of sp³-hybridized carbons (Fsp3) is 0.375. The highest BCUT2D eigenvalue weighted by Gasteiger charge is 1.98. The van der Waals surface area contributed by atoms with Gasteiger partial charge in [0.2, 0.25) is 0 Å². The maximum Gasteiger partial charge on any atom is 0.109 e. The van der Waals surface area contributed by atoms with Crippen molar-refractivity contribution in [2.75, 3.05) is 0 Å². The van der Waals surface area contributed by atoms with Crippen molar-refractivity contribution in [1.29, 1.82) is 0 Å². The Balaban J connectivity index is 2.96. The summed E-state index contributed by atoms with van der Waals surface area (Å²) in [6.45, 7) is 4.21. The van der Waals surface area contributed by atoms with E-state index in [4.69, 9.17) is 11.6 Å². The molecule has 1 heterocycles. The average Bonchev–Trinajstić information content (AvgIpc) is 1.88. The molecule has 1 nitrogen and oxygen atoms in total. The molecule has 0 unspecified atom stereocenters. The van der Waals surface area contributed by atoms with Gasteiger partial charge in [-0.15, -0.1) is 0 Å². The van der Waals surface area contributed by atoms with Gasteiger partial charge in [0.25, 0.3) is 0 Å². The zero-order chi connectivity index (χ0) is 7.56. The highest BCUT2D eigenvalue weighted by Crippen LogP contribution is 2.15. The quantitative estimate of drug-likeness (QED) is 0.606. The molecular weight excluding hydrogens is 146 g/mol. The number of rotatable bonds is 1. The second-order valence-electron chi connectivity index (χ2n) is 2.52. The van der Waals surface area contributed by atoms with Gasteiger partial charge in [-0.2, -0.15) is 0 Å². The van der Waals surface area contributed by atoms with Crippen molar-refractivity contribution in [3.8, 4) is 0 Å². The van der Waals surface area contributed by atoms with E-state index in [2.05, 4.69) is 25.0 Å². The molecule has 0 amide bonds. The molecule has 0 atom stereocenters. The van der Waals surface area contributed by atoms with Gasteiger partial charge in [-0.1, -0.05) is 25.4 Å². The van der Waals surface area contributed by atoms with Crippen LogP contribution in [0.1, 0.15) is 25.3 Å². The molecule has 10 heavy (non-hydrogen) atoms. The van der Waals surface area contributed by atoms with Crippen LogP contribution in [0.2, 0.25) is 5.02 Å². The Bertz CT molecular complexity index is 220. The zero-order valence-corrected chi connectivity index (χ0v) is 6.81. The molecule has 1 radical (unpaired) electrons. The summed E-state index contributed by atoms with van der Waals surface area (Å²) in [5.41, 5.74) is 1.16. The molecule has 0 spiro atoms.